The van der Waals surface area contributed by atoms with Gasteiger partial charge in [-0.15, -0.1) is 0 Å². The Morgan fingerprint density at radius 1 is 1.50 bits per heavy atom. The van der Waals surface area contributed by atoms with E-state index in [1.165, 1.54) is 12.1 Å². The van der Waals surface area contributed by atoms with Gasteiger partial charge in [0.15, 0.2) is 0 Å². The van der Waals surface area contributed by atoms with Crippen molar-refractivity contribution in [2.45, 2.75) is 0 Å². The molecular formula is C7H4BrN5O3. The Balaban J connectivity index is 2.95. The molecule has 0 fully saturated rings. The van der Waals surface area contributed by atoms with E-state index in [1.807, 2.05) is 0 Å². The number of hydrogen-bond donors (Lipinski definition) is 1. The predicted molar refractivity (Wildman–Crippen MR) is 57.3 cm³/mol. The highest BCUT2D eigenvalue weighted by Gasteiger charge is 2.21. The van der Waals surface area contributed by atoms with Crippen LogP contribution in [0.4, 0.5) is 11.6 Å². The van der Waals surface area contributed by atoms with E-state index in [1.54, 1.807) is 0 Å². The molecule has 0 amide bonds. The highest BCUT2D eigenvalue weighted by Crippen LogP contribution is 2.26. The van der Waals surface area contributed by atoms with E-state index >= 15 is 0 Å². The minimum Gasteiger partial charge on any atom is -0.594 e. The summed E-state index contributed by atoms with van der Waals surface area (Å²) >= 11 is 3.06. The Morgan fingerprint density at radius 2 is 2.19 bits per heavy atom. The summed E-state index contributed by atoms with van der Waals surface area (Å²) in [5, 5.41) is 25.5. The van der Waals surface area contributed by atoms with Crippen LogP contribution >= 0.6 is 15.9 Å². The van der Waals surface area contributed by atoms with Gasteiger partial charge in [0, 0.05) is 16.6 Å². The first-order chi connectivity index (χ1) is 7.49. The number of rotatable bonds is 1. The molecule has 2 aromatic rings. The molecule has 8 nitrogen and oxygen atoms in total. The molecule has 2 rings (SSSR count). The summed E-state index contributed by atoms with van der Waals surface area (Å²) < 4.78 is 0.393. The van der Waals surface area contributed by atoms with Crippen molar-refractivity contribution in [1.29, 1.82) is 0 Å². The number of aromatic nitrogens is 3. The average molecular weight is 286 g/mol. The zero-order valence-electron chi connectivity index (χ0n) is 7.62. The van der Waals surface area contributed by atoms with Gasteiger partial charge in [-0.05, 0) is 4.85 Å². The molecule has 0 aliphatic rings. The van der Waals surface area contributed by atoms with E-state index in [4.69, 9.17) is 5.73 Å². The van der Waals surface area contributed by atoms with Crippen LogP contribution in [0.1, 0.15) is 0 Å². The number of nitrogens with two attached hydrogens (primary N) is 1. The van der Waals surface area contributed by atoms with Crippen LogP contribution in [0, 0.1) is 15.3 Å². The van der Waals surface area contributed by atoms with E-state index in [-0.39, 0.29) is 27.5 Å². The van der Waals surface area contributed by atoms with Crippen molar-refractivity contribution in [3.05, 3.63) is 31.9 Å². The molecule has 0 saturated heterocycles. The third-order valence-electron chi connectivity index (χ3n) is 1.86. The first-order valence-corrected chi connectivity index (χ1v) is 4.79. The highest BCUT2D eigenvalue weighted by molar-refractivity contribution is 9.10. The number of anilines is 1. The third kappa shape index (κ3) is 1.60. The van der Waals surface area contributed by atoms with Gasteiger partial charge in [0.25, 0.3) is 11.5 Å². The topological polar surface area (TPSA) is 122 Å². The molecule has 9 heteroatoms. The molecule has 16 heavy (non-hydrogen) atoms. The van der Waals surface area contributed by atoms with Crippen LogP contribution in [0.15, 0.2) is 16.6 Å². The van der Waals surface area contributed by atoms with Crippen LogP contribution in [0.5, 0.6) is 0 Å². The number of nitro benzene ring substituents is 1. The van der Waals surface area contributed by atoms with Crippen molar-refractivity contribution < 1.29 is 9.77 Å². The summed E-state index contributed by atoms with van der Waals surface area (Å²) in [6, 6.07) is 2.63. The lowest BCUT2D eigenvalue weighted by molar-refractivity contribution is -0.641. The number of nitro groups is 1. The molecule has 0 saturated carbocycles. The van der Waals surface area contributed by atoms with Crippen LogP contribution in [0.2, 0.25) is 0 Å². The first-order valence-electron chi connectivity index (χ1n) is 4.00. The fourth-order valence-electron chi connectivity index (χ4n) is 1.25. The van der Waals surface area contributed by atoms with Gasteiger partial charge in [-0.25, -0.2) is 0 Å². The largest absolute Gasteiger partial charge is 0.594 e. The Hall–Kier alpha value is -2.03. The summed E-state index contributed by atoms with van der Waals surface area (Å²) in [7, 11) is 0. The molecular weight excluding hydrogens is 282 g/mol. The molecule has 0 bridgehead atoms. The number of nitrogen functional groups attached to an aromatic ring is 1. The quantitative estimate of drug-likeness (QED) is 0.353. The maximum absolute atomic E-state index is 11.4. The van der Waals surface area contributed by atoms with Crippen molar-refractivity contribution in [1.82, 2.24) is 10.1 Å². The minimum atomic E-state index is -0.639. The van der Waals surface area contributed by atoms with Crippen molar-refractivity contribution in [3.8, 4) is 0 Å². The second kappa shape index (κ2) is 3.52. The Bertz CT molecular complexity index is 602. The predicted octanol–water partition coefficient (Wildman–Crippen LogP) is 0.516. The number of halogens is 1. The van der Waals surface area contributed by atoms with Gasteiger partial charge < -0.3 is 10.9 Å². The van der Waals surface area contributed by atoms with Crippen molar-refractivity contribution in [2.75, 3.05) is 5.73 Å². The molecule has 82 valence electrons. The third-order valence-corrected chi connectivity index (χ3v) is 2.31. The lowest BCUT2D eigenvalue weighted by Crippen LogP contribution is -2.33. The van der Waals surface area contributed by atoms with E-state index in [9.17, 15) is 15.3 Å². The van der Waals surface area contributed by atoms with Crippen LogP contribution in [-0.2, 0) is 0 Å². The van der Waals surface area contributed by atoms with Crippen LogP contribution in [0.25, 0.3) is 11.0 Å². The minimum absolute atomic E-state index is 0.0183. The Morgan fingerprint density at radius 3 is 2.81 bits per heavy atom. The average Bonchev–Trinajstić information content (AvgIpc) is 2.18. The van der Waals surface area contributed by atoms with Gasteiger partial charge in [-0.1, -0.05) is 15.9 Å². The van der Waals surface area contributed by atoms with Crippen LogP contribution < -0.4 is 10.6 Å². The maximum Gasteiger partial charge on any atom is 0.303 e. The second-order valence-electron chi connectivity index (χ2n) is 2.89. The van der Waals surface area contributed by atoms with Gasteiger partial charge >= 0.3 is 5.69 Å². The molecule has 2 N–H and O–H groups in total. The van der Waals surface area contributed by atoms with Gasteiger partial charge in [0.1, 0.15) is 0 Å². The highest BCUT2D eigenvalue weighted by atomic mass is 79.9. The summed E-state index contributed by atoms with van der Waals surface area (Å²) in [5.41, 5.74) is 4.85. The molecule has 0 aliphatic heterocycles. The summed E-state index contributed by atoms with van der Waals surface area (Å²) in [6.45, 7) is 0. The smallest absolute Gasteiger partial charge is 0.303 e. The number of benzene rings is 1. The summed E-state index contributed by atoms with van der Waals surface area (Å²) in [6.07, 6.45) is 0. The first kappa shape index (κ1) is 10.5. The molecule has 0 atom stereocenters. The van der Waals surface area contributed by atoms with Crippen molar-refractivity contribution in [2.24, 2.45) is 0 Å². The summed E-state index contributed by atoms with van der Waals surface area (Å²) in [4.78, 5) is 14.0. The van der Waals surface area contributed by atoms with E-state index in [0.29, 0.717) is 4.47 Å². The van der Waals surface area contributed by atoms with Crippen LogP contribution in [-0.4, -0.2) is 15.0 Å². The lowest BCUT2D eigenvalue weighted by Gasteiger charge is -2.00. The monoisotopic (exact) mass is 285 g/mol. The second-order valence-corrected chi connectivity index (χ2v) is 3.81. The normalized spacial score (nSPS) is 10.6. The molecule has 0 aliphatic carbocycles. The standard InChI is InChI=1S/C7H4BrN5O3/c8-3-1-4-6(5(2-3)13(15)16)10-7(9)11-12(4)14/h1-2H,(H2,9,10,11). The molecule has 1 heterocycles. The number of nitrogens with zero attached hydrogens (tertiary/aromatic N) is 4. The van der Waals surface area contributed by atoms with Gasteiger partial charge in [0.2, 0.25) is 5.52 Å². The van der Waals surface area contributed by atoms with Crippen molar-refractivity contribution >= 4 is 38.6 Å². The SMILES string of the molecule is Nc1nc2c([N+](=O)[O-])cc(Br)cc2[n+]([O-])n1. The lowest BCUT2D eigenvalue weighted by atomic mass is 10.2. The fourth-order valence-corrected chi connectivity index (χ4v) is 1.69. The van der Waals surface area contributed by atoms with Crippen molar-refractivity contribution in [3.63, 3.8) is 0 Å². The number of non-ortho nitro benzene ring substituents is 1. The molecule has 0 unspecified atom stereocenters. The van der Waals surface area contributed by atoms with E-state index < -0.39 is 4.92 Å². The number of fused-ring (bicyclic) bond motifs is 1. The van der Waals surface area contributed by atoms with Gasteiger partial charge in [0.05, 0.1) is 10.0 Å². The van der Waals surface area contributed by atoms with E-state index in [0.717, 1.165) is 0 Å². The van der Waals surface area contributed by atoms with Crippen LogP contribution in [0.3, 0.4) is 0 Å². The number of hydrogen-bond acceptors (Lipinski definition) is 6. The van der Waals surface area contributed by atoms with Gasteiger partial charge in [-0.3, -0.25) is 10.1 Å². The van der Waals surface area contributed by atoms with Gasteiger partial charge in [-0.2, -0.15) is 4.98 Å². The molecule has 1 aromatic carbocycles. The zero-order chi connectivity index (χ0) is 11.9. The Labute approximate surface area is 96.6 Å². The molecule has 1 aromatic heterocycles. The maximum atomic E-state index is 11.4. The summed E-state index contributed by atoms with van der Waals surface area (Å²) in [5.74, 6) is -0.312. The Kier molecular flexibility index (Phi) is 2.31. The zero-order valence-corrected chi connectivity index (χ0v) is 9.21. The fraction of sp³-hybridized carbons (Fsp3) is 0. The van der Waals surface area contributed by atoms with E-state index in [2.05, 4.69) is 26.0 Å². The molecule has 0 spiro atoms. The molecule has 0 radical (unpaired) electrons.